The lowest BCUT2D eigenvalue weighted by atomic mass is 10.1. The third-order valence-electron chi connectivity index (χ3n) is 2.43. The number of aromatic amines is 1. The summed E-state index contributed by atoms with van der Waals surface area (Å²) in [4.78, 5) is 39.9. The second-order valence-electron chi connectivity index (χ2n) is 3.87. The maximum absolute atomic E-state index is 12.0. The van der Waals surface area contributed by atoms with Gasteiger partial charge in [-0.25, -0.2) is 9.78 Å². The largest absolute Gasteiger partial charge is 0.478 e. The molecule has 0 aliphatic heterocycles. The number of aromatic carboxylic acids is 1. The topological polar surface area (TPSA) is 112 Å². The van der Waals surface area contributed by atoms with E-state index in [0.717, 1.165) is 18.5 Å². The van der Waals surface area contributed by atoms with Crippen molar-refractivity contribution < 1.29 is 14.7 Å². The van der Waals surface area contributed by atoms with E-state index in [1.165, 1.54) is 6.07 Å². The molecule has 1 aromatic heterocycles. The highest BCUT2D eigenvalue weighted by atomic mass is 35.5. The standard InChI is InChI=1S/C12H7Cl2N3O4/c13-5-1-6(12(20)21)10(7(14)2-5)17-11(19)8-3-16-9(18)4-15-8/h1-4H,(H,16,18)(H,17,19)(H,20,21). The van der Waals surface area contributed by atoms with Crippen LogP contribution in [0.3, 0.4) is 0 Å². The number of amides is 1. The first-order chi connectivity index (χ1) is 9.88. The molecule has 0 aliphatic carbocycles. The van der Waals surface area contributed by atoms with E-state index >= 15 is 0 Å². The monoisotopic (exact) mass is 327 g/mol. The summed E-state index contributed by atoms with van der Waals surface area (Å²) in [6, 6.07) is 2.46. The Kier molecular flexibility index (Phi) is 4.25. The summed E-state index contributed by atoms with van der Waals surface area (Å²) >= 11 is 11.6. The number of carbonyl (C=O) groups is 2. The number of halogens is 2. The average Bonchev–Trinajstić information content (AvgIpc) is 2.41. The number of nitrogens with one attached hydrogen (secondary N) is 2. The SMILES string of the molecule is O=C(Nc1c(Cl)cc(Cl)cc1C(=O)O)c1c[nH]c(=O)cn1. The van der Waals surface area contributed by atoms with E-state index in [0.29, 0.717) is 0 Å². The van der Waals surface area contributed by atoms with Gasteiger partial charge in [-0.2, -0.15) is 0 Å². The maximum atomic E-state index is 12.0. The zero-order valence-corrected chi connectivity index (χ0v) is 11.7. The van der Waals surface area contributed by atoms with Crippen LogP contribution in [0.25, 0.3) is 0 Å². The molecule has 1 aromatic carbocycles. The highest BCUT2D eigenvalue weighted by Gasteiger charge is 2.18. The van der Waals surface area contributed by atoms with Gasteiger partial charge in [-0.15, -0.1) is 0 Å². The van der Waals surface area contributed by atoms with Crippen LogP contribution in [0.5, 0.6) is 0 Å². The molecule has 2 aromatic rings. The summed E-state index contributed by atoms with van der Waals surface area (Å²) in [7, 11) is 0. The lowest BCUT2D eigenvalue weighted by molar-refractivity contribution is 0.0698. The smallest absolute Gasteiger partial charge is 0.337 e. The van der Waals surface area contributed by atoms with Gasteiger partial charge in [0.15, 0.2) is 0 Å². The number of rotatable bonds is 3. The Morgan fingerprint density at radius 2 is 2.00 bits per heavy atom. The average molecular weight is 328 g/mol. The van der Waals surface area contributed by atoms with Gasteiger partial charge in [0.05, 0.1) is 22.5 Å². The van der Waals surface area contributed by atoms with Crippen LogP contribution >= 0.6 is 23.2 Å². The van der Waals surface area contributed by atoms with Crippen LogP contribution in [0, 0.1) is 0 Å². The van der Waals surface area contributed by atoms with Crippen LogP contribution in [-0.4, -0.2) is 27.0 Å². The minimum atomic E-state index is -1.30. The lowest BCUT2D eigenvalue weighted by Gasteiger charge is -2.10. The van der Waals surface area contributed by atoms with Crippen molar-refractivity contribution in [2.75, 3.05) is 5.32 Å². The van der Waals surface area contributed by atoms with Gasteiger partial charge >= 0.3 is 5.97 Å². The van der Waals surface area contributed by atoms with E-state index in [2.05, 4.69) is 15.3 Å². The van der Waals surface area contributed by atoms with E-state index in [9.17, 15) is 14.4 Å². The van der Waals surface area contributed by atoms with Crippen molar-refractivity contribution in [2.24, 2.45) is 0 Å². The number of carboxylic acids is 1. The quantitative estimate of drug-likeness (QED) is 0.798. The van der Waals surface area contributed by atoms with Crippen LogP contribution in [0.2, 0.25) is 10.0 Å². The molecule has 0 saturated carbocycles. The number of hydrogen-bond acceptors (Lipinski definition) is 4. The molecule has 108 valence electrons. The summed E-state index contributed by atoms with van der Waals surface area (Å²) in [5.41, 5.74) is -0.934. The summed E-state index contributed by atoms with van der Waals surface area (Å²) < 4.78 is 0. The Morgan fingerprint density at radius 3 is 2.57 bits per heavy atom. The Balaban J connectivity index is 2.39. The van der Waals surface area contributed by atoms with Gasteiger partial charge < -0.3 is 15.4 Å². The van der Waals surface area contributed by atoms with Crippen LogP contribution in [0.1, 0.15) is 20.8 Å². The molecule has 0 fully saturated rings. The summed E-state index contributed by atoms with van der Waals surface area (Å²) in [5, 5.41) is 11.5. The van der Waals surface area contributed by atoms with Crippen LogP contribution in [-0.2, 0) is 0 Å². The molecule has 0 aliphatic rings. The summed E-state index contributed by atoms with van der Waals surface area (Å²) in [6.45, 7) is 0. The molecule has 3 N–H and O–H groups in total. The summed E-state index contributed by atoms with van der Waals surface area (Å²) in [5.74, 6) is -2.03. The zero-order chi connectivity index (χ0) is 15.6. The third-order valence-corrected chi connectivity index (χ3v) is 2.94. The predicted octanol–water partition coefficient (Wildman–Crippen LogP) is 2.03. The number of nitrogens with zero attached hydrogens (tertiary/aromatic N) is 1. The molecule has 7 nitrogen and oxygen atoms in total. The third kappa shape index (κ3) is 3.39. The van der Waals surface area contributed by atoms with E-state index in [-0.39, 0.29) is 27.0 Å². The molecule has 0 atom stereocenters. The number of benzene rings is 1. The van der Waals surface area contributed by atoms with Gasteiger partial charge in [0.1, 0.15) is 5.69 Å². The second-order valence-corrected chi connectivity index (χ2v) is 4.71. The van der Waals surface area contributed by atoms with Crippen molar-refractivity contribution in [3.05, 3.63) is 56.2 Å². The molecule has 2 rings (SSSR count). The van der Waals surface area contributed by atoms with Gasteiger partial charge in [0.2, 0.25) is 0 Å². The Morgan fingerprint density at radius 1 is 1.29 bits per heavy atom. The lowest BCUT2D eigenvalue weighted by Crippen LogP contribution is -2.18. The van der Waals surface area contributed by atoms with E-state index in [1.54, 1.807) is 0 Å². The van der Waals surface area contributed by atoms with E-state index in [1.807, 2.05) is 0 Å². The first kappa shape index (κ1) is 15.0. The van der Waals surface area contributed by atoms with Gasteiger partial charge in [-0.05, 0) is 12.1 Å². The molecule has 1 amide bonds. The number of H-pyrrole nitrogens is 1. The first-order valence-corrected chi connectivity index (χ1v) is 6.22. The molecular formula is C12H7Cl2N3O4. The fourth-order valence-corrected chi connectivity index (χ4v) is 2.05. The maximum Gasteiger partial charge on any atom is 0.337 e. The Labute approximate surface area is 127 Å². The highest BCUT2D eigenvalue weighted by Crippen LogP contribution is 2.30. The fourth-order valence-electron chi connectivity index (χ4n) is 1.51. The van der Waals surface area contributed by atoms with Crippen molar-refractivity contribution in [1.29, 1.82) is 0 Å². The number of carbonyl (C=O) groups excluding carboxylic acids is 1. The Hall–Kier alpha value is -2.38. The van der Waals surface area contributed by atoms with E-state index < -0.39 is 17.4 Å². The van der Waals surface area contributed by atoms with Gasteiger partial charge in [-0.3, -0.25) is 9.59 Å². The molecule has 21 heavy (non-hydrogen) atoms. The highest BCUT2D eigenvalue weighted by molar-refractivity contribution is 6.38. The number of carboxylic acid groups (broad SMARTS) is 1. The predicted molar refractivity (Wildman–Crippen MR) is 76.2 cm³/mol. The van der Waals surface area contributed by atoms with Crippen LogP contribution in [0.4, 0.5) is 5.69 Å². The van der Waals surface area contributed by atoms with Gasteiger partial charge in [0, 0.05) is 11.2 Å². The number of aromatic nitrogens is 2. The molecular weight excluding hydrogens is 321 g/mol. The van der Waals surface area contributed by atoms with Crippen LogP contribution < -0.4 is 10.9 Å². The normalized spacial score (nSPS) is 10.2. The van der Waals surface area contributed by atoms with Crippen molar-refractivity contribution >= 4 is 40.8 Å². The fraction of sp³-hybridized carbons (Fsp3) is 0. The molecule has 9 heteroatoms. The molecule has 1 heterocycles. The van der Waals surface area contributed by atoms with Crippen molar-refractivity contribution in [3.8, 4) is 0 Å². The molecule has 0 spiro atoms. The first-order valence-electron chi connectivity index (χ1n) is 5.47. The van der Waals surface area contributed by atoms with Crippen molar-refractivity contribution in [2.45, 2.75) is 0 Å². The van der Waals surface area contributed by atoms with Gasteiger partial charge in [0.25, 0.3) is 11.5 Å². The minimum Gasteiger partial charge on any atom is -0.478 e. The molecule has 0 unspecified atom stereocenters. The van der Waals surface area contributed by atoms with E-state index in [4.69, 9.17) is 28.3 Å². The molecule has 0 bridgehead atoms. The summed E-state index contributed by atoms with van der Waals surface area (Å²) in [6.07, 6.45) is 2.03. The van der Waals surface area contributed by atoms with Crippen LogP contribution in [0.15, 0.2) is 29.3 Å². The zero-order valence-electron chi connectivity index (χ0n) is 10.2. The van der Waals surface area contributed by atoms with Gasteiger partial charge in [-0.1, -0.05) is 23.2 Å². The minimum absolute atomic E-state index is 0.0299. The molecule has 0 radical (unpaired) electrons. The number of anilines is 1. The number of hydrogen-bond donors (Lipinski definition) is 3. The molecule has 0 saturated heterocycles. The van der Waals surface area contributed by atoms with Crippen molar-refractivity contribution in [1.82, 2.24) is 9.97 Å². The second kappa shape index (κ2) is 5.94. The van der Waals surface area contributed by atoms with Crippen molar-refractivity contribution in [3.63, 3.8) is 0 Å². The Bertz CT molecular complexity index is 768.